The molecule has 2 aromatic rings. The number of hydrogen-bond donors (Lipinski definition) is 0. The van der Waals surface area contributed by atoms with Crippen LogP contribution in [-0.2, 0) is 16.1 Å². The Balaban J connectivity index is 1.72. The highest BCUT2D eigenvalue weighted by atomic mass is 16.5. The smallest absolute Gasteiger partial charge is 0.343 e. The molecule has 1 aliphatic carbocycles. The highest BCUT2D eigenvalue weighted by Crippen LogP contribution is 2.34. The maximum atomic E-state index is 12.4. The summed E-state index contributed by atoms with van der Waals surface area (Å²) in [6, 6.07) is 13.1. The van der Waals surface area contributed by atoms with Gasteiger partial charge in [-0.05, 0) is 30.5 Å². The van der Waals surface area contributed by atoms with Gasteiger partial charge in [0, 0.05) is 6.20 Å². The van der Waals surface area contributed by atoms with Gasteiger partial charge in [-0.3, -0.25) is 4.79 Å². The molecule has 1 saturated carbocycles. The predicted molar refractivity (Wildman–Crippen MR) is 85.3 cm³/mol. The molecule has 1 fully saturated rings. The quantitative estimate of drug-likeness (QED) is 0.796. The highest BCUT2D eigenvalue weighted by Gasteiger charge is 2.34. The molecule has 5 heteroatoms. The summed E-state index contributed by atoms with van der Waals surface area (Å²) in [5.41, 5.74) is 0.842. The Morgan fingerprint density at radius 1 is 1.17 bits per heavy atom. The average molecular weight is 313 g/mol. The largest absolute Gasteiger partial charge is 0.465 e. The molecule has 1 aromatic heterocycles. The number of benzene rings is 1. The van der Waals surface area contributed by atoms with E-state index in [1.807, 2.05) is 30.3 Å². The van der Waals surface area contributed by atoms with Crippen LogP contribution in [0.1, 0.15) is 34.8 Å². The first-order valence-electron chi connectivity index (χ1n) is 7.65. The van der Waals surface area contributed by atoms with Gasteiger partial charge in [-0.1, -0.05) is 30.3 Å². The molecule has 23 heavy (non-hydrogen) atoms. The maximum absolute atomic E-state index is 12.4. The van der Waals surface area contributed by atoms with Gasteiger partial charge in [-0.2, -0.15) is 0 Å². The number of esters is 1. The van der Waals surface area contributed by atoms with Gasteiger partial charge in [0.1, 0.15) is 5.56 Å². The number of nitrogens with zero attached hydrogens (tertiary/aromatic N) is 1. The van der Waals surface area contributed by atoms with Crippen LogP contribution in [0.2, 0.25) is 0 Å². The molecule has 1 aliphatic rings. The van der Waals surface area contributed by atoms with Gasteiger partial charge in [-0.25, -0.2) is 4.79 Å². The number of aromatic nitrogens is 1. The van der Waals surface area contributed by atoms with Gasteiger partial charge in [0.2, 0.25) is 0 Å². The van der Waals surface area contributed by atoms with E-state index in [1.54, 1.807) is 16.8 Å². The Kier molecular flexibility index (Phi) is 4.57. The van der Waals surface area contributed by atoms with Gasteiger partial charge in [0.25, 0.3) is 5.56 Å². The van der Waals surface area contributed by atoms with E-state index in [-0.39, 0.29) is 23.3 Å². The van der Waals surface area contributed by atoms with Gasteiger partial charge in [0.05, 0.1) is 25.9 Å². The Bertz CT molecular complexity index is 738. The van der Waals surface area contributed by atoms with E-state index >= 15 is 0 Å². The van der Waals surface area contributed by atoms with Gasteiger partial charge in [0.15, 0.2) is 0 Å². The van der Waals surface area contributed by atoms with Crippen molar-refractivity contribution in [2.24, 2.45) is 0 Å². The van der Waals surface area contributed by atoms with Crippen molar-refractivity contribution in [1.82, 2.24) is 4.57 Å². The number of rotatable bonds is 5. The molecule has 0 N–H and O–H groups in total. The second-order valence-corrected chi connectivity index (χ2v) is 5.61. The molecular formula is C18H19NO4. The average Bonchev–Trinajstić information content (AvgIpc) is 2.56. The molecule has 0 spiro atoms. The lowest BCUT2D eigenvalue weighted by molar-refractivity contribution is -0.0504. The van der Waals surface area contributed by atoms with Gasteiger partial charge in [-0.15, -0.1) is 0 Å². The second-order valence-electron chi connectivity index (χ2n) is 5.61. The van der Waals surface area contributed by atoms with Crippen LogP contribution in [0, 0.1) is 0 Å². The molecule has 120 valence electrons. The summed E-state index contributed by atoms with van der Waals surface area (Å²) in [7, 11) is 1.27. The van der Waals surface area contributed by atoms with Crippen molar-refractivity contribution in [3.05, 3.63) is 70.1 Å². The predicted octanol–water partition coefficient (Wildman–Crippen LogP) is 2.56. The van der Waals surface area contributed by atoms with Crippen molar-refractivity contribution < 1.29 is 14.3 Å². The van der Waals surface area contributed by atoms with Gasteiger partial charge >= 0.3 is 5.97 Å². The van der Waals surface area contributed by atoms with Crippen molar-refractivity contribution >= 4 is 5.97 Å². The summed E-state index contributed by atoms with van der Waals surface area (Å²) in [5, 5.41) is 0. The van der Waals surface area contributed by atoms with Crippen molar-refractivity contribution in [3.8, 4) is 0 Å². The van der Waals surface area contributed by atoms with E-state index in [0.29, 0.717) is 6.61 Å². The van der Waals surface area contributed by atoms with E-state index in [4.69, 9.17) is 4.74 Å². The molecule has 1 unspecified atom stereocenters. The Morgan fingerprint density at radius 2 is 1.96 bits per heavy atom. The summed E-state index contributed by atoms with van der Waals surface area (Å²) in [6.45, 7) is 0.521. The van der Waals surface area contributed by atoms with E-state index in [0.717, 1.165) is 18.4 Å². The molecular weight excluding hydrogens is 294 g/mol. The molecule has 0 saturated heterocycles. The van der Waals surface area contributed by atoms with Crippen LogP contribution in [0.4, 0.5) is 0 Å². The van der Waals surface area contributed by atoms with E-state index in [2.05, 4.69) is 4.74 Å². The zero-order valence-electron chi connectivity index (χ0n) is 13.0. The first kappa shape index (κ1) is 15.5. The number of methoxy groups -OCH3 is 1. The summed E-state index contributed by atoms with van der Waals surface area (Å²) in [4.78, 5) is 24.1. The highest BCUT2D eigenvalue weighted by molar-refractivity contribution is 5.88. The minimum atomic E-state index is -0.606. The van der Waals surface area contributed by atoms with Crippen molar-refractivity contribution in [2.45, 2.75) is 31.6 Å². The molecule has 1 heterocycles. The van der Waals surface area contributed by atoms with Crippen LogP contribution >= 0.6 is 0 Å². The molecule has 1 aromatic carbocycles. The lowest BCUT2D eigenvalue weighted by Crippen LogP contribution is -2.42. The molecule has 0 radical (unpaired) electrons. The second kappa shape index (κ2) is 6.79. The fourth-order valence-electron chi connectivity index (χ4n) is 2.78. The van der Waals surface area contributed by atoms with E-state index < -0.39 is 5.97 Å². The third kappa shape index (κ3) is 3.19. The minimum Gasteiger partial charge on any atom is -0.465 e. The lowest BCUT2D eigenvalue weighted by atomic mass is 9.88. The molecule has 0 aliphatic heterocycles. The Morgan fingerprint density at radius 3 is 2.61 bits per heavy atom. The molecule has 0 bridgehead atoms. The zero-order valence-corrected chi connectivity index (χ0v) is 13.0. The van der Waals surface area contributed by atoms with E-state index in [1.165, 1.54) is 13.2 Å². The van der Waals surface area contributed by atoms with Crippen molar-refractivity contribution in [3.63, 3.8) is 0 Å². The maximum Gasteiger partial charge on any atom is 0.343 e. The number of pyridine rings is 1. The first-order chi connectivity index (χ1) is 11.2. The Hall–Kier alpha value is -2.40. The molecule has 3 rings (SSSR count). The number of hydrogen-bond acceptors (Lipinski definition) is 4. The van der Waals surface area contributed by atoms with Crippen LogP contribution in [0.15, 0.2) is 53.5 Å². The monoisotopic (exact) mass is 313 g/mol. The first-order valence-corrected chi connectivity index (χ1v) is 7.65. The number of carbonyl (C=O) groups excluding carboxylic acids is 1. The summed E-state index contributed by atoms with van der Waals surface area (Å²) in [6.07, 6.45) is 3.47. The van der Waals surface area contributed by atoms with Crippen LogP contribution in [0.5, 0.6) is 0 Å². The summed E-state index contributed by atoms with van der Waals surface area (Å²) in [5.74, 6) is -0.606. The SMILES string of the molecule is COC(=O)c1cccn(C2CC[C@H]2OCc2ccccc2)c1=O. The summed E-state index contributed by atoms with van der Waals surface area (Å²) >= 11 is 0. The third-order valence-electron chi connectivity index (χ3n) is 4.22. The van der Waals surface area contributed by atoms with Crippen LogP contribution in [0.3, 0.4) is 0 Å². The van der Waals surface area contributed by atoms with E-state index in [9.17, 15) is 9.59 Å². The molecule has 5 nitrogen and oxygen atoms in total. The fraction of sp³-hybridized carbons (Fsp3) is 0.333. The summed E-state index contributed by atoms with van der Waals surface area (Å²) < 4.78 is 12.2. The van der Waals surface area contributed by atoms with Gasteiger partial charge < -0.3 is 14.0 Å². The Labute approximate surface area is 134 Å². The van der Waals surface area contributed by atoms with Crippen molar-refractivity contribution in [2.75, 3.05) is 7.11 Å². The molecule has 0 amide bonds. The van der Waals surface area contributed by atoms with Crippen molar-refractivity contribution in [1.29, 1.82) is 0 Å². The number of carbonyl (C=O) groups is 1. The lowest BCUT2D eigenvalue weighted by Gasteiger charge is -2.37. The van der Waals surface area contributed by atoms with Crippen LogP contribution in [0.25, 0.3) is 0 Å². The van der Waals surface area contributed by atoms with Crippen LogP contribution < -0.4 is 5.56 Å². The third-order valence-corrected chi connectivity index (χ3v) is 4.22. The standard InChI is InChI=1S/C18H19NO4/c1-22-18(21)14-8-5-11-19(17(14)20)15-9-10-16(15)23-12-13-6-3-2-4-7-13/h2-8,11,15-16H,9-10,12H2,1H3/t15?,16-/m1/s1. The topological polar surface area (TPSA) is 57.5 Å². The normalized spacial score (nSPS) is 19.9. The number of ether oxygens (including phenoxy) is 2. The minimum absolute atomic E-state index is 0.0131. The van der Waals surface area contributed by atoms with Crippen LogP contribution in [-0.4, -0.2) is 23.8 Å². The fourth-order valence-corrected chi connectivity index (χ4v) is 2.78. The zero-order chi connectivity index (χ0) is 16.2. The molecule has 2 atom stereocenters.